The molecule has 1 fully saturated rings. The van der Waals surface area contributed by atoms with E-state index in [2.05, 4.69) is 20.8 Å². The first-order chi connectivity index (χ1) is 8.93. The zero-order valence-electron chi connectivity index (χ0n) is 11.5. The van der Waals surface area contributed by atoms with Crippen LogP contribution in [0, 0.1) is 5.92 Å². The van der Waals surface area contributed by atoms with E-state index in [1.54, 1.807) is 6.07 Å². The summed E-state index contributed by atoms with van der Waals surface area (Å²) in [6.07, 6.45) is 2.87. The predicted molar refractivity (Wildman–Crippen MR) is 71.4 cm³/mol. The Hall–Kier alpha value is -1.85. The number of aromatic amines is 1. The molecule has 104 valence electrons. The van der Waals surface area contributed by atoms with Gasteiger partial charge < -0.3 is 10.6 Å². The second-order valence-electron chi connectivity index (χ2n) is 5.43. The highest BCUT2D eigenvalue weighted by Gasteiger charge is 2.41. The van der Waals surface area contributed by atoms with Gasteiger partial charge in [0.1, 0.15) is 0 Å². The van der Waals surface area contributed by atoms with E-state index >= 15 is 0 Å². The number of hydrogen-bond acceptors (Lipinski definition) is 3. The summed E-state index contributed by atoms with van der Waals surface area (Å²) in [6, 6.07) is 1.80. The molecule has 0 aromatic carbocycles. The molecule has 0 spiro atoms. The van der Waals surface area contributed by atoms with Gasteiger partial charge in [0.05, 0.1) is 11.2 Å². The molecule has 3 N–H and O–H groups in total. The topological polar surface area (TPSA) is 86.9 Å². The summed E-state index contributed by atoms with van der Waals surface area (Å²) in [5.74, 6) is 0.292. The fraction of sp³-hybridized carbons (Fsp3) is 0.615. The maximum Gasteiger partial charge on any atom is 0.228 e. The lowest BCUT2D eigenvalue weighted by Gasteiger charge is -2.41. The summed E-state index contributed by atoms with van der Waals surface area (Å²) in [7, 11) is 0. The number of amides is 2. The Kier molecular flexibility index (Phi) is 3.59. The van der Waals surface area contributed by atoms with E-state index in [4.69, 9.17) is 0 Å². The number of carbonyl (C=O) groups excluding carboxylic acids is 2. The van der Waals surface area contributed by atoms with Crippen molar-refractivity contribution in [1.29, 1.82) is 0 Å². The summed E-state index contributed by atoms with van der Waals surface area (Å²) >= 11 is 0. The van der Waals surface area contributed by atoms with Gasteiger partial charge in [0.25, 0.3) is 0 Å². The number of aromatic nitrogens is 2. The minimum Gasteiger partial charge on any atom is -0.345 e. The third-order valence-electron chi connectivity index (χ3n) is 3.49. The first kappa shape index (κ1) is 13.6. The quantitative estimate of drug-likeness (QED) is 0.770. The Morgan fingerprint density at radius 2 is 2.11 bits per heavy atom. The Morgan fingerprint density at radius 1 is 1.42 bits per heavy atom. The van der Waals surface area contributed by atoms with Gasteiger partial charge in [-0.1, -0.05) is 13.8 Å². The molecule has 0 saturated heterocycles. The first-order valence-electron chi connectivity index (χ1n) is 6.58. The van der Waals surface area contributed by atoms with Gasteiger partial charge in [0.15, 0.2) is 5.82 Å². The Morgan fingerprint density at radius 3 is 2.58 bits per heavy atom. The molecule has 19 heavy (non-hydrogen) atoms. The summed E-state index contributed by atoms with van der Waals surface area (Å²) in [6.45, 7) is 5.17. The van der Waals surface area contributed by atoms with Crippen LogP contribution in [0.15, 0.2) is 6.07 Å². The molecule has 2 rings (SSSR count). The lowest BCUT2D eigenvalue weighted by molar-refractivity contribution is -0.122. The number of nitrogens with one attached hydrogen (secondary N) is 3. The minimum absolute atomic E-state index is 0.0536. The molecule has 1 saturated carbocycles. The molecule has 0 atom stereocenters. The number of rotatable bonds is 4. The maximum atomic E-state index is 11.6. The predicted octanol–water partition coefficient (Wildman–Crippen LogP) is 1.52. The summed E-state index contributed by atoms with van der Waals surface area (Å²) in [4.78, 5) is 22.9. The second kappa shape index (κ2) is 5.03. The molecule has 0 aliphatic heterocycles. The molecular formula is C13H20N4O2. The van der Waals surface area contributed by atoms with Gasteiger partial charge in [-0.15, -0.1) is 0 Å². The summed E-state index contributed by atoms with van der Waals surface area (Å²) < 4.78 is 0. The number of hydrogen-bond donors (Lipinski definition) is 3. The normalized spacial score (nSPS) is 16.8. The van der Waals surface area contributed by atoms with Gasteiger partial charge in [-0.3, -0.25) is 14.7 Å². The number of carbonyl (C=O) groups is 2. The van der Waals surface area contributed by atoms with Crippen molar-refractivity contribution < 1.29 is 9.59 Å². The molecule has 1 aromatic rings. The van der Waals surface area contributed by atoms with Crippen LogP contribution in [0.4, 0.5) is 5.82 Å². The van der Waals surface area contributed by atoms with Crippen molar-refractivity contribution in [2.45, 2.75) is 45.6 Å². The molecule has 0 unspecified atom stereocenters. The fourth-order valence-corrected chi connectivity index (χ4v) is 2.23. The van der Waals surface area contributed by atoms with E-state index in [9.17, 15) is 9.59 Å². The molecule has 2 amide bonds. The number of anilines is 1. The van der Waals surface area contributed by atoms with Crippen LogP contribution in [-0.4, -0.2) is 22.0 Å². The van der Waals surface area contributed by atoms with Crippen LogP contribution in [0.1, 0.15) is 45.7 Å². The van der Waals surface area contributed by atoms with Crippen molar-refractivity contribution in [2.24, 2.45) is 5.92 Å². The van der Waals surface area contributed by atoms with Crippen LogP contribution in [0.5, 0.6) is 0 Å². The zero-order valence-corrected chi connectivity index (χ0v) is 11.5. The van der Waals surface area contributed by atoms with Gasteiger partial charge in [0.2, 0.25) is 11.8 Å². The minimum atomic E-state index is -0.334. The van der Waals surface area contributed by atoms with Crippen molar-refractivity contribution >= 4 is 17.6 Å². The maximum absolute atomic E-state index is 11.6. The molecule has 0 bridgehead atoms. The molecule has 1 aromatic heterocycles. The third-order valence-corrected chi connectivity index (χ3v) is 3.49. The smallest absolute Gasteiger partial charge is 0.228 e. The van der Waals surface area contributed by atoms with Crippen molar-refractivity contribution in [3.8, 4) is 0 Å². The standard InChI is InChI=1S/C13H20N4O2/c1-8(2)12(19)14-11-7-10(16-17-11)13(5-4-6-13)15-9(3)18/h7-8H,4-6H2,1-3H3,(H,15,18)(H2,14,16,17,19). The molecule has 6 heteroatoms. The van der Waals surface area contributed by atoms with Gasteiger partial charge in [-0.25, -0.2) is 0 Å². The largest absolute Gasteiger partial charge is 0.345 e. The van der Waals surface area contributed by atoms with E-state index in [0.29, 0.717) is 5.82 Å². The molecular weight excluding hydrogens is 244 g/mol. The molecule has 1 heterocycles. The zero-order chi connectivity index (χ0) is 14.0. The summed E-state index contributed by atoms with van der Waals surface area (Å²) in [5, 5.41) is 12.7. The van der Waals surface area contributed by atoms with Crippen LogP contribution in [0.25, 0.3) is 0 Å². The van der Waals surface area contributed by atoms with Crippen LogP contribution < -0.4 is 10.6 Å². The van der Waals surface area contributed by atoms with E-state index in [1.807, 2.05) is 13.8 Å². The lowest BCUT2D eigenvalue weighted by Crippen LogP contribution is -2.50. The average molecular weight is 264 g/mol. The van der Waals surface area contributed by atoms with Crippen molar-refractivity contribution in [1.82, 2.24) is 15.5 Å². The van der Waals surface area contributed by atoms with E-state index in [0.717, 1.165) is 25.0 Å². The second-order valence-corrected chi connectivity index (χ2v) is 5.43. The van der Waals surface area contributed by atoms with Gasteiger partial charge in [-0.05, 0) is 19.3 Å². The molecule has 1 aliphatic rings. The molecule has 0 radical (unpaired) electrons. The fourth-order valence-electron chi connectivity index (χ4n) is 2.23. The third kappa shape index (κ3) is 2.77. The van der Waals surface area contributed by atoms with Crippen LogP contribution in [0.3, 0.4) is 0 Å². The monoisotopic (exact) mass is 264 g/mol. The first-order valence-corrected chi connectivity index (χ1v) is 6.58. The lowest BCUT2D eigenvalue weighted by atomic mass is 9.74. The van der Waals surface area contributed by atoms with E-state index in [1.165, 1.54) is 6.92 Å². The number of nitrogens with zero attached hydrogens (tertiary/aromatic N) is 1. The summed E-state index contributed by atoms with van der Waals surface area (Å²) in [5.41, 5.74) is 0.521. The average Bonchev–Trinajstić information content (AvgIpc) is 2.71. The Balaban J connectivity index is 2.11. The van der Waals surface area contributed by atoms with Crippen LogP contribution in [-0.2, 0) is 15.1 Å². The van der Waals surface area contributed by atoms with Crippen molar-refractivity contribution in [2.75, 3.05) is 5.32 Å². The number of H-pyrrole nitrogens is 1. The van der Waals surface area contributed by atoms with Gasteiger partial charge in [0, 0.05) is 18.9 Å². The van der Waals surface area contributed by atoms with E-state index in [-0.39, 0.29) is 23.3 Å². The van der Waals surface area contributed by atoms with Crippen molar-refractivity contribution in [3.05, 3.63) is 11.8 Å². The van der Waals surface area contributed by atoms with Crippen molar-refractivity contribution in [3.63, 3.8) is 0 Å². The Labute approximate surface area is 112 Å². The molecule has 6 nitrogen and oxygen atoms in total. The highest BCUT2D eigenvalue weighted by Crippen LogP contribution is 2.40. The Bertz CT molecular complexity index is 489. The highest BCUT2D eigenvalue weighted by atomic mass is 16.2. The van der Waals surface area contributed by atoms with Crippen LogP contribution in [0.2, 0.25) is 0 Å². The van der Waals surface area contributed by atoms with Gasteiger partial charge >= 0.3 is 0 Å². The van der Waals surface area contributed by atoms with E-state index < -0.39 is 0 Å². The molecule has 1 aliphatic carbocycles. The SMILES string of the molecule is CC(=O)NC1(c2cc(NC(=O)C(C)C)n[nH]2)CCC1. The van der Waals surface area contributed by atoms with Crippen LogP contribution >= 0.6 is 0 Å². The van der Waals surface area contributed by atoms with Gasteiger partial charge in [-0.2, -0.15) is 5.10 Å². The highest BCUT2D eigenvalue weighted by molar-refractivity contribution is 5.91.